The van der Waals surface area contributed by atoms with Gasteiger partial charge in [0.15, 0.2) is 18.5 Å². The Balaban J connectivity index is 2.10. The highest BCUT2D eigenvalue weighted by molar-refractivity contribution is 5.93. The van der Waals surface area contributed by atoms with Gasteiger partial charge in [-0.15, -0.1) is 0 Å². The number of hydrogen-bond donors (Lipinski definition) is 0. The summed E-state index contributed by atoms with van der Waals surface area (Å²) in [4.78, 5) is 11.6. The van der Waals surface area contributed by atoms with E-state index in [4.69, 9.17) is 14.2 Å². The summed E-state index contributed by atoms with van der Waals surface area (Å²) in [6.45, 7) is 15.3. The number of aryl methyl sites for hydroxylation is 1. The molecule has 0 amide bonds. The van der Waals surface area contributed by atoms with Crippen molar-refractivity contribution >= 4 is 17.4 Å². The van der Waals surface area contributed by atoms with Crippen LogP contribution in [-0.2, 0) is 24.4 Å². The third-order valence-corrected chi connectivity index (χ3v) is 6.40. The van der Waals surface area contributed by atoms with Crippen LogP contribution in [0.4, 0.5) is 5.69 Å². The van der Waals surface area contributed by atoms with Gasteiger partial charge in [0.2, 0.25) is 5.69 Å². The number of fused-ring (bicyclic) bond motifs is 1. The van der Waals surface area contributed by atoms with Crippen molar-refractivity contribution in [3.05, 3.63) is 29.3 Å². The highest BCUT2D eigenvalue weighted by Crippen LogP contribution is 2.43. The Morgan fingerprint density at radius 2 is 1.74 bits per heavy atom. The molecule has 0 saturated carbocycles. The zero-order valence-corrected chi connectivity index (χ0v) is 20.5. The second-order valence-corrected chi connectivity index (χ2v) is 8.58. The van der Waals surface area contributed by atoms with E-state index in [1.807, 2.05) is 20.8 Å². The number of carbonyl (C=O) groups is 1. The largest absolute Gasteiger partial charge is 0.466 e. The van der Waals surface area contributed by atoms with Crippen molar-refractivity contribution in [1.29, 1.82) is 0 Å². The van der Waals surface area contributed by atoms with Crippen molar-refractivity contribution in [3.8, 4) is 0 Å². The van der Waals surface area contributed by atoms with Gasteiger partial charge in [-0.1, -0.05) is 24.5 Å². The summed E-state index contributed by atoms with van der Waals surface area (Å²) < 4.78 is 19.0. The SMILES string of the molecule is CCOC(=O)CCCCCC1(C)C(C)=[N+](CCC(OCC)OCC)c2ccc(C)cc21. The van der Waals surface area contributed by atoms with E-state index in [2.05, 4.69) is 43.5 Å². The summed E-state index contributed by atoms with van der Waals surface area (Å²) in [5, 5.41) is 0. The molecule has 1 aliphatic heterocycles. The van der Waals surface area contributed by atoms with Crippen molar-refractivity contribution in [2.45, 2.75) is 91.8 Å². The highest BCUT2D eigenvalue weighted by Gasteiger charge is 2.45. The first-order valence-electron chi connectivity index (χ1n) is 12.0. The Bertz CT molecular complexity index is 752. The predicted octanol–water partition coefficient (Wildman–Crippen LogP) is 5.67. The van der Waals surface area contributed by atoms with Crippen molar-refractivity contribution in [2.75, 3.05) is 26.4 Å². The van der Waals surface area contributed by atoms with Crippen LogP contribution in [0, 0.1) is 6.92 Å². The topological polar surface area (TPSA) is 47.8 Å². The fraction of sp³-hybridized carbons (Fsp3) is 0.692. The maximum atomic E-state index is 11.6. The number of carbonyl (C=O) groups excluding carboxylic acids is 1. The second-order valence-electron chi connectivity index (χ2n) is 8.58. The minimum Gasteiger partial charge on any atom is -0.466 e. The Labute approximate surface area is 188 Å². The first kappa shape index (κ1) is 25.5. The van der Waals surface area contributed by atoms with Gasteiger partial charge < -0.3 is 14.2 Å². The van der Waals surface area contributed by atoms with Crippen LogP contribution >= 0.6 is 0 Å². The Morgan fingerprint density at radius 1 is 1.03 bits per heavy atom. The molecular formula is C26H42NO4+. The van der Waals surface area contributed by atoms with Gasteiger partial charge in [0.1, 0.15) is 0 Å². The predicted molar refractivity (Wildman–Crippen MR) is 125 cm³/mol. The molecule has 31 heavy (non-hydrogen) atoms. The zero-order valence-electron chi connectivity index (χ0n) is 20.5. The smallest absolute Gasteiger partial charge is 0.305 e. The third kappa shape index (κ3) is 6.63. The highest BCUT2D eigenvalue weighted by atomic mass is 16.7. The normalized spacial score (nSPS) is 18.0. The molecule has 0 N–H and O–H groups in total. The number of rotatable bonds is 14. The van der Waals surface area contributed by atoms with Gasteiger partial charge in [-0.05, 0) is 53.5 Å². The van der Waals surface area contributed by atoms with E-state index >= 15 is 0 Å². The lowest BCUT2D eigenvalue weighted by molar-refractivity contribution is -0.444. The van der Waals surface area contributed by atoms with E-state index in [-0.39, 0.29) is 17.7 Å². The van der Waals surface area contributed by atoms with Gasteiger partial charge in [0, 0.05) is 38.2 Å². The zero-order chi connectivity index (χ0) is 22.9. The van der Waals surface area contributed by atoms with E-state index in [1.165, 1.54) is 22.5 Å². The van der Waals surface area contributed by atoms with E-state index in [0.29, 0.717) is 26.2 Å². The summed E-state index contributed by atoms with van der Waals surface area (Å²) >= 11 is 0. The molecule has 5 heteroatoms. The molecule has 1 unspecified atom stereocenters. The van der Waals surface area contributed by atoms with E-state index in [0.717, 1.165) is 38.6 Å². The number of benzene rings is 1. The summed E-state index contributed by atoms with van der Waals surface area (Å²) in [7, 11) is 0. The second kappa shape index (κ2) is 12.4. The molecule has 0 radical (unpaired) electrons. The van der Waals surface area contributed by atoms with Crippen LogP contribution in [0.2, 0.25) is 0 Å². The molecule has 1 aromatic carbocycles. The van der Waals surface area contributed by atoms with Gasteiger partial charge in [0.05, 0.1) is 18.4 Å². The van der Waals surface area contributed by atoms with Gasteiger partial charge in [-0.3, -0.25) is 4.79 Å². The molecule has 1 aliphatic rings. The molecule has 0 spiro atoms. The monoisotopic (exact) mass is 432 g/mol. The summed E-state index contributed by atoms with van der Waals surface area (Å²) in [5.74, 6) is -0.0809. The molecule has 0 fully saturated rings. The number of nitrogens with zero attached hydrogens (tertiary/aromatic N) is 1. The molecule has 1 aromatic rings. The fourth-order valence-electron chi connectivity index (χ4n) is 4.58. The molecular weight excluding hydrogens is 390 g/mol. The van der Waals surface area contributed by atoms with Crippen LogP contribution in [0.3, 0.4) is 0 Å². The van der Waals surface area contributed by atoms with E-state index in [9.17, 15) is 4.79 Å². The standard InChI is InChI=1S/C26H42NO4/c1-7-29-24(28)13-11-10-12-17-26(6)21(5)27(18-16-25(30-8-2)31-9-3)23-15-14-20(4)19-22(23)26/h14-15,19,25H,7-13,16-18H2,1-6H3/q+1. The quantitative estimate of drug-likeness (QED) is 0.164. The molecule has 174 valence electrons. The molecule has 0 aromatic heterocycles. The van der Waals surface area contributed by atoms with Crippen LogP contribution in [0.1, 0.15) is 84.3 Å². The third-order valence-electron chi connectivity index (χ3n) is 6.40. The van der Waals surface area contributed by atoms with Crippen LogP contribution in [0.5, 0.6) is 0 Å². The number of esters is 1. The lowest BCUT2D eigenvalue weighted by Gasteiger charge is -2.22. The molecule has 5 nitrogen and oxygen atoms in total. The lowest BCUT2D eigenvalue weighted by atomic mass is 9.75. The maximum Gasteiger partial charge on any atom is 0.305 e. The Hall–Kier alpha value is -1.72. The number of ether oxygens (including phenoxy) is 3. The fourth-order valence-corrected chi connectivity index (χ4v) is 4.58. The molecule has 0 aliphatic carbocycles. The molecule has 1 heterocycles. The molecule has 2 rings (SSSR count). The number of hydrogen-bond acceptors (Lipinski definition) is 4. The Kier molecular flexibility index (Phi) is 10.2. The summed E-state index contributed by atoms with van der Waals surface area (Å²) in [5.41, 5.74) is 5.43. The maximum absolute atomic E-state index is 11.6. The van der Waals surface area contributed by atoms with Gasteiger partial charge >= 0.3 is 5.97 Å². The minimum absolute atomic E-state index is 0.0119. The average molecular weight is 433 g/mol. The van der Waals surface area contributed by atoms with E-state index in [1.54, 1.807) is 0 Å². The van der Waals surface area contributed by atoms with Crippen molar-refractivity contribution in [1.82, 2.24) is 0 Å². The van der Waals surface area contributed by atoms with E-state index < -0.39 is 0 Å². The van der Waals surface area contributed by atoms with Gasteiger partial charge in [-0.25, -0.2) is 0 Å². The first-order valence-corrected chi connectivity index (χ1v) is 12.0. The van der Waals surface area contributed by atoms with Crippen molar-refractivity contribution < 1.29 is 23.6 Å². The van der Waals surface area contributed by atoms with Crippen LogP contribution in [0.25, 0.3) is 0 Å². The Morgan fingerprint density at radius 3 is 2.39 bits per heavy atom. The first-order chi connectivity index (χ1) is 14.9. The van der Waals surface area contributed by atoms with Crippen molar-refractivity contribution in [3.63, 3.8) is 0 Å². The summed E-state index contributed by atoms with van der Waals surface area (Å²) in [6, 6.07) is 6.81. The van der Waals surface area contributed by atoms with Crippen LogP contribution in [-0.4, -0.2) is 48.9 Å². The average Bonchev–Trinajstić information content (AvgIpc) is 2.93. The van der Waals surface area contributed by atoms with Crippen LogP contribution in [0.15, 0.2) is 18.2 Å². The van der Waals surface area contributed by atoms with Gasteiger partial charge in [-0.2, -0.15) is 4.58 Å². The van der Waals surface area contributed by atoms with Gasteiger partial charge in [0.25, 0.3) is 0 Å². The van der Waals surface area contributed by atoms with Crippen LogP contribution < -0.4 is 0 Å². The lowest BCUT2D eigenvalue weighted by Crippen LogP contribution is -2.31. The summed E-state index contributed by atoms with van der Waals surface area (Å²) in [6.07, 6.45) is 5.30. The van der Waals surface area contributed by atoms with Crippen molar-refractivity contribution in [2.24, 2.45) is 0 Å². The molecule has 0 bridgehead atoms. The molecule has 0 saturated heterocycles. The number of unbranched alkanes of at least 4 members (excludes halogenated alkanes) is 2. The molecule has 1 atom stereocenters. The minimum atomic E-state index is -0.161.